The van der Waals surface area contributed by atoms with Crippen molar-refractivity contribution in [3.8, 4) is 0 Å². The first-order valence-electron chi connectivity index (χ1n) is 5.69. The Morgan fingerprint density at radius 1 is 1.44 bits per heavy atom. The number of rotatable bonds is 3. The van der Waals surface area contributed by atoms with E-state index in [0.29, 0.717) is 0 Å². The molecule has 4 heteroatoms. The molecule has 1 aliphatic rings. The summed E-state index contributed by atoms with van der Waals surface area (Å²) in [4.78, 5) is 7.85. The molecular weight excluding hydrogens is 218 g/mol. The number of nitrogens with zero attached hydrogens (tertiary/aromatic N) is 1. The summed E-state index contributed by atoms with van der Waals surface area (Å²) < 4.78 is 0. The van der Waals surface area contributed by atoms with Crippen molar-refractivity contribution in [1.82, 2.24) is 9.97 Å². The van der Waals surface area contributed by atoms with Gasteiger partial charge in [-0.3, -0.25) is 0 Å². The minimum atomic E-state index is 0.784. The number of nitrogens with one attached hydrogen (secondary N) is 1. The molecule has 2 aromatic rings. The summed E-state index contributed by atoms with van der Waals surface area (Å²) in [6.45, 7) is 0. The fourth-order valence-electron chi connectivity index (χ4n) is 1.93. The number of nitrogen functional groups attached to an aromatic ring is 1. The minimum Gasteiger partial charge on any atom is -0.399 e. The predicted molar refractivity (Wildman–Crippen MR) is 68.6 cm³/mol. The lowest BCUT2D eigenvalue weighted by molar-refractivity contribution is 0.353. The highest BCUT2D eigenvalue weighted by molar-refractivity contribution is 7.99. The molecule has 1 fully saturated rings. The van der Waals surface area contributed by atoms with Gasteiger partial charge in [-0.2, -0.15) is 0 Å². The summed E-state index contributed by atoms with van der Waals surface area (Å²) in [6, 6.07) is 5.80. The molecule has 0 amide bonds. The van der Waals surface area contributed by atoms with Gasteiger partial charge < -0.3 is 10.7 Å². The second-order valence-corrected chi connectivity index (χ2v) is 5.44. The minimum absolute atomic E-state index is 0.784. The quantitative estimate of drug-likeness (QED) is 0.633. The van der Waals surface area contributed by atoms with E-state index in [1.165, 1.54) is 25.0 Å². The number of thioether (sulfide) groups is 1. The molecular formula is C12H15N3S. The third-order valence-electron chi connectivity index (χ3n) is 3.16. The Bertz CT molecular complexity index is 502. The van der Waals surface area contributed by atoms with Crippen LogP contribution in [0.2, 0.25) is 0 Å². The van der Waals surface area contributed by atoms with E-state index in [-0.39, 0.29) is 0 Å². The van der Waals surface area contributed by atoms with Gasteiger partial charge in [-0.25, -0.2) is 4.98 Å². The number of nitrogens with two attached hydrogens (primary N) is 1. The Morgan fingerprint density at radius 3 is 3.06 bits per heavy atom. The second kappa shape index (κ2) is 4.01. The van der Waals surface area contributed by atoms with Crippen molar-refractivity contribution in [3.05, 3.63) is 18.2 Å². The average molecular weight is 233 g/mol. The van der Waals surface area contributed by atoms with Crippen LogP contribution >= 0.6 is 11.8 Å². The molecule has 3 N–H and O–H groups in total. The maximum absolute atomic E-state index is 5.73. The van der Waals surface area contributed by atoms with Crippen LogP contribution in [0.3, 0.4) is 0 Å². The molecule has 0 atom stereocenters. The highest BCUT2D eigenvalue weighted by Gasteiger charge is 2.18. The highest BCUT2D eigenvalue weighted by Crippen LogP contribution is 2.32. The van der Waals surface area contributed by atoms with Crippen molar-refractivity contribution in [1.29, 1.82) is 0 Å². The van der Waals surface area contributed by atoms with Gasteiger partial charge in [-0.1, -0.05) is 18.2 Å². The van der Waals surface area contributed by atoms with Gasteiger partial charge in [-0.15, -0.1) is 0 Å². The lowest BCUT2D eigenvalue weighted by Crippen LogP contribution is -2.13. The van der Waals surface area contributed by atoms with Crippen molar-refractivity contribution < 1.29 is 0 Å². The second-order valence-electron chi connectivity index (χ2n) is 4.43. The topological polar surface area (TPSA) is 54.7 Å². The first-order valence-corrected chi connectivity index (χ1v) is 6.68. The van der Waals surface area contributed by atoms with E-state index in [2.05, 4.69) is 9.97 Å². The van der Waals surface area contributed by atoms with Crippen molar-refractivity contribution >= 4 is 28.5 Å². The van der Waals surface area contributed by atoms with Crippen molar-refractivity contribution in [3.63, 3.8) is 0 Å². The molecule has 3 rings (SSSR count). The summed E-state index contributed by atoms with van der Waals surface area (Å²) in [6.07, 6.45) is 4.18. The van der Waals surface area contributed by atoms with Crippen molar-refractivity contribution in [2.75, 3.05) is 11.5 Å². The third-order valence-corrected chi connectivity index (χ3v) is 4.27. The van der Waals surface area contributed by atoms with Crippen LogP contribution in [0.4, 0.5) is 5.69 Å². The van der Waals surface area contributed by atoms with Crippen LogP contribution in [0.1, 0.15) is 19.3 Å². The van der Waals surface area contributed by atoms with Crippen LogP contribution in [-0.2, 0) is 0 Å². The summed E-state index contributed by atoms with van der Waals surface area (Å²) in [5, 5.41) is 1.02. The third kappa shape index (κ3) is 1.89. The SMILES string of the molecule is Nc1ccc2nc(SCC3CCC3)[nH]c2c1. The number of hydrogen-bond donors (Lipinski definition) is 2. The van der Waals surface area contributed by atoms with Gasteiger partial charge in [0, 0.05) is 11.4 Å². The van der Waals surface area contributed by atoms with E-state index in [1.54, 1.807) is 0 Å². The molecule has 84 valence electrons. The molecule has 0 unspecified atom stereocenters. The summed E-state index contributed by atoms with van der Waals surface area (Å²) in [7, 11) is 0. The van der Waals surface area contributed by atoms with Gasteiger partial charge >= 0.3 is 0 Å². The number of benzene rings is 1. The first-order chi connectivity index (χ1) is 7.81. The normalized spacial score (nSPS) is 16.5. The average Bonchev–Trinajstić information content (AvgIpc) is 2.57. The zero-order valence-electron chi connectivity index (χ0n) is 9.07. The summed E-state index contributed by atoms with van der Waals surface area (Å²) in [5.41, 5.74) is 8.56. The Labute approximate surface area is 98.8 Å². The molecule has 16 heavy (non-hydrogen) atoms. The fraction of sp³-hybridized carbons (Fsp3) is 0.417. The van der Waals surface area contributed by atoms with E-state index in [0.717, 1.165) is 27.8 Å². The van der Waals surface area contributed by atoms with Gasteiger partial charge in [-0.05, 0) is 37.0 Å². The van der Waals surface area contributed by atoms with Crippen LogP contribution in [0.25, 0.3) is 11.0 Å². The van der Waals surface area contributed by atoms with E-state index in [4.69, 9.17) is 5.73 Å². The van der Waals surface area contributed by atoms with E-state index in [1.807, 2.05) is 30.0 Å². The molecule has 0 bridgehead atoms. The van der Waals surface area contributed by atoms with E-state index in [9.17, 15) is 0 Å². The fourth-order valence-corrected chi connectivity index (χ4v) is 3.00. The largest absolute Gasteiger partial charge is 0.399 e. The zero-order valence-corrected chi connectivity index (χ0v) is 9.89. The molecule has 1 aliphatic carbocycles. The van der Waals surface area contributed by atoms with Gasteiger partial charge in [0.15, 0.2) is 5.16 Å². The van der Waals surface area contributed by atoms with Crippen LogP contribution in [0.15, 0.2) is 23.4 Å². The van der Waals surface area contributed by atoms with E-state index < -0.39 is 0 Å². The molecule has 0 radical (unpaired) electrons. The molecule has 3 nitrogen and oxygen atoms in total. The number of fused-ring (bicyclic) bond motifs is 1. The summed E-state index contributed by atoms with van der Waals surface area (Å²) in [5.74, 6) is 2.10. The number of H-pyrrole nitrogens is 1. The number of imidazole rings is 1. The monoisotopic (exact) mass is 233 g/mol. The Hall–Kier alpha value is -1.16. The first kappa shape index (κ1) is 10.0. The molecule has 1 saturated carbocycles. The lowest BCUT2D eigenvalue weighted by Gasteiger charge is -2.23. The number of aromatic amines is 1. The Balaban J connectivity index is 1.76. The molecule has 1 aromatic carbocycles. The molecule has 1 aromatic heterocycles. The van der Waals surface area contributed by atoms with Crippen molar-refractivity contribution in [2.45, 2.75) is 24.4 Å². The van der Waals surface area contributed by atoms with Gasteiger partial charge in [0.2, 0.25) is 0 Å². The molecule has 0 spiro atoms. The van der Waals surface area contributed by atoms with Crippen LogP contribution < -0.4 is 5.73 Å². The molecule has 0 aliphatic heterocycles. The number of aromatic nitrogens is 2. The van der Waals surface area contributed by atoms with Gasteiger partial charge in [0.05, 0.1) is 11.0 Å². The van der Waals surface area contributed by atoms with E-state index >= 15 is 0 Å². The van der Waals surface area contributed by atoms with Crippen LogP contribution in [0, 0.1) is 5.92 Å². The van der Waals surface area contributed by atoms with Crippen LogP contribution in [-0.4, -0.2) is 15.7 Å². The van der Waals surface area contributed by atoms with Crippen LogP contribution in [0.5, 0.6) is 0 Å². The van der Waals surface area contributed by atoms with Gasteiger partial charge in [0.25, 0.3) is 0 Å². The maximum atomic E-state index is 5.73. The number of anilines is 1. The smallest absolute Gasteiger partial charge is 0.166 e. The molecule has 1 heterocycles. The highest BCUT2D eigenvalue weighted by atomic mass is 32.2. The predicted octanol–water partition coefficient (Wildman–Crippen LogP) is 3.04. The Morgan fingerprint density at radius 2 is 2.31 bits per heavy atom. The summed E-state index contributed by atoms with van der Waals surface area (Å²) >= 11 is 1.83. The van der Waals surface area contributed by atoms with Gasteiger partial charge in [0.1, 0.15) is 0 Å². The Kier molecular flexibility index (Phi) is 2.52. The van der Waals surface area contributed by atoms with Crippen molar-refractivity contribution in [2.24, 2.45) is 5.92 Å². The standard InChI is InChI=1S/C12H15N3S/c13-9-4-5-10-11(6-9)15-12(14-10)16-7-8-2-1-3-8/h4-6,8H,1-3,7,13H2,(H,14,15). The molecule has 0 saturated heterocycles. The number of hydrogen-bond acceptors (Lipinski definition) is 3. The zero-order chi connectivity index (χ0) is 11.0. The maximum Gasteiger partial charge on any atom is 0.166 e. The lowest BCUT2D eigenvalue weighted by atomic mass is 9.87.